The Morgan fingerprint density at radius 2 is 0.791 bits per heavy atom. The van der Waals surface area contributed by atoms with E-state index in [4.69, 9.17) is 0 Å². The van der Waals surface area contributed by atoms with Gasteiger partial charge in [-0.2, -0.15) is 0 Å². The summed E-state index contributed by atoms with van der Waals surface area (Å²) in [4.78, 5) is 0. The van der Waals surface area contributed by atoms with Gasteiger partial charge in [0.1, 0.15) is 11.5 Å². The zero-order chi connectivity index (χ0) is 29.3. The predicted octanol–water partition coefficient (Wildman–Crippen LogP) is 9.90. The number of hydrogen-bond acceptors (Lipinski definition) is 2. The first-order valence-electron chi connectivity index (χ1n) is 15.0. The predicted molar refractivity (Wildman–Crippen MR) is 176 cm³/mol. The molecule has 0 saturated carbocycles. The van der Waals surface area contributed by atoms with Crippen molar-refractivity contribution in [1.29, 1.82) is 0 Å². The van der Waals surface area contributed by atoms with Crippen molar-refractivity contribution in [2.45, 2.75) is 32.1 Å². The molecule has 2 heteroatoms. The second-order valence-electron chi connectivity index (χ2n) is 12.4. The van der Waals surface area contributed by atoms with E-state index in [1.165, 1.54) is 44.5 Å². The zero-order valence-electron chi connectivity index (χ0n) is 24.4. The third-order valence-electron chi connectivity index (χ3n) is 9.72. The molecule has 0 radical (unpaired) electrons. The molecule has 2 nitrogen and oxygen atoms in total. The summed E-state index contributed by atoms with van der Waals surface area (Å²) in [5, 5.41) is 22.3. The van der Waals surface area contributed by atoms with Crippen molar-refractivity contribution in [2.24, 2.45) is 0 Å². The van der Waals surface area contributed by atoms with E-state index in [9.17, 15) is 10.2 Å². The largest absolute Gasteiger partial charge is 0.507 e. The average Bonchev–Trinajstić information content (AvgIpc) is 3.60. The topological polar surface area (TPSA) is 40.5 Å². The van der Waals surface area contributed by atoms with Gasteiger partial charge in [-0.1, -0.05) is 111 Å². The quantitative estimate of drug-likeness (QED) is 0.226. The van der Waals surface area contributed by atoms with Crippen molar-refractivity contribution < 1.29 is 10.2 Å². The molecule has 2 aliphatic rings. The molecule has 0 atom stereocenters. The maximum Gasteiger partial charge on any atom is 0.123 e. The highest BCUT2D eigenvalue weighted by molar-refractivity contribution is 5.88. The molecule has 2 N–H and O–H groups in total. The van der Waals surface area contributed by atoms with Crippen LogP contribution in [0.25, 0.3) is 44.5 Å². The zero-order valence-corrected chi connectivity index (χ0v) is 24.4. The van der Waals surface area contributed by atoms with Gasteiger partial charge in [0.2, 0.25) is 0 Å². The normalized spacial score (nSPS) is 12.9. The van der Waals surface area contributed by atoms with Crippen LogP contribution in [-0.2, 0) is 18.3 Å². The smallest absolute Gasteiger partial charge is 0.123 e. The second-order valence-corrected chi connectivity index (χ2v) is 12.4. The molecule has 0 aliphatic heterocycles. The molecule has 0 bridgehead atoms. The van der Waals surface area contributed by atoms with E-state index in [1.807, 2.05) is 24.3 Å². The van der Waals surface area contributed by atoms with E-state index in [0.717, 1.165) is 46.2 Å². The Hall–Kier alpha value is -5.08. The van der Waals surface area contributed by atoms with E-state index >= 15 is 0 Å². The maximum atomic E-state index is 11.1. The van der Waals surface area contributed by atoms with Crippen molar-refractivity contribution in [3.05, 3.63) is 155 Å². The molecule has 2 aliphatic carbocycles. The molecule has 0 heterocycles. The number of hydrogen-bond donors (Lipinski definition) is 2. The van der Waals surface area contributed by atoms with Gasteiger partial charge in [0.15, 0.2) is 0 Å². The van der Waals surface area contributed by atoms with Crippen LogP contribution in [0.1, 0.15) is 47.2 Å². The SMILES string of the molecule is CC(C)(c1ccc(O)c(-c2cccc3c2Cc2ccccc2-3)c1)c1ccc(O)c(-c2cccc3c2Cc2ccccc2-3)c1. The highest BCUT2D eigenvalue weighted by Gasteiger charge is 2.29. The van der Waals surface area contributed by atoms with Gasteiger partial charge in [-0.15, -0.1) is 0 Å². The summed E-state index contributed by atoms with van der Waals surface area (Å²) >= 11 is 0. The maximum absolute atomic E-state index is 11.1. The van der Waals surface area contributed by atoms with Crippen molar-refractivity contribution in [1.82, 2.24) is 0 Å². The van der Waals surface area contributed by atoms with Crippen LogP contribution in [0, 0.1) is 0 Å². The van der Waals surface area contributed by atoms with Crippen LogP contribution in [0.3, 0.4) is 0 Å². The molecule has 0 unspecified atom stereocenters. The van der Waals surface area contributed by atoms with Crippen molar-refractivity contribution in [3.63, 3.8) is 0 Å². The highest BCUT2D eigenvalue weighted by Crippen LogP contribution is 2.47. The summed E-state index contributed by atoms with van der Waals surface area (Å²) in [6.45, 7) is 4.44. The third kappa shape index (κ3) is 3.94. The lowest BCUT2D eigenvalue weighted by Crippen LogP contribution is -2.19. The van der Waals surface area contributed by atoms with Crippen LogP contribution in [0.5, 0.6) is 11.5 Å². The van der Waals surface area contributed by atoms with Crippen molar-refractivity contribution in [2.75, 3.05) is 0 Å². The Morgan fingerprint density at radius 3 is 1.23 bits per heavy atom. The lowest BCUT2D eigenvalue weighted by Gasteiger charge is -2.28. The second kappa shape index (κ2) is 9.47. The molecular weight excluding hydrogens is 524 g/mol. The van der Waals surface area contributed by atoms with Crippen LogP contribution in [0.4, 0.5) is 0 Å². The molecule has 0 amide bonds. The molecule has 0 spiro atoms. The number of phenols is 2. The molecule has 0 fully saturated rings. The van der Waals surface area contributed by atoms with Crippen LogP contribution in [0.2, 0.25) is 0 Å². The Balaban J connectivity index is 1.21. The van der Waals surface area contributed by atoms with Crippen molar-refractivity contribution in [3.8, 4) is 56.0 Å². The van der Waals surface area contributed by atoms with E-state index in [1.54, 1.807) is 0 Å². The number of rotatable bonds is 4. The monoisotopic (exact) mass is 556 g/mol. The van der Waals surface area contributed by atoms with Crippen LogP contribution >= 0.6 is 0 Å². The highest BCUT2D eigenvalue weighted by atomic mass is 16.3. The summed E-state index contributed by atoms with van der Waals surface area (Å²) in [5.41, 5.74) is 15.9. The van der Waals surface area contributed by atoms with Gasteiger partial charge in [-0.3, -0.25) is 0 Å². The summed E-state index contributed by atoms with van der Waals surface area (Å²) in [6.07, 6.45) is 1.72. The minimum Gasteiger partial charge on any atom is -0.507 e. The summed E-state index contributed by atoms with van der Waals surface area (Å²) in [6, 6.07) is 42.0. The molecule has 208 valence electrons. The number of aromatic hydroxyl groups is 2. The van der Waals surface area contributed by atoms with Crippen LogP contribution in [0.15, 0.2) is 121 Å². The molecule has 6 aromatic rings. The molecule has 0 aromatic heterocycles. The average molecular weight is 557 g/mol. The fraction of sp³-hybridized carbons (Fsp3) is 0.122. The summed E-state index contributed by atoms with van der Waals surface area (Å²) in [7, 11) is 0. The van der Waals surface area contributed by atoms with E-state index in [0.29, 0.717) is 0 Å². The van der Waals surface area contributed by atoms with Gasteiger partial charge in [-0.25, -0.2) is 0 Å². The molecular formula is C41H32O2. The van der Waals surface area contributed by atoms with Crippen LogP contribution < -0.4 is 0 Å². The van der Waals surface area contributed by atoms with Crippen LogP contribution in [-0.4, -0.2) is 10.2 Å². The first kappa shape index (κ1) is 25.6. The lowest BCUT2D eigenvalue weighted by atomic mass is 9.76. The van der Waals surface area contributed by atoms with Gasteiger partial charge in [-0.05, 0) is 104 Å². The number of phenolic OH excluding ortho intramolecular Hbond substituents is 2. The number of fused-ring (bicyclic) bond motifs is 6. The number of benzene rings is 6. The minimum atomic E-state index is -0.382. The fourth-order valence-corrected chi connectivity index (χ4v) is 7.27. The molecule has 0 saturated heterocycles. The minimum absolute atomic E-state index is 0.287. The van der Waals surface area contributed by atoms with Gasteiger partial charge < -0.3 is 10.2 Å². The Bertz CT molecular complexity index is 1930. The first-order valence-corrected chi connectivity index (χ1v) is 15.0. The van der Waals surface area contributed by atoms with E-state index in [2.05, 4.69) is 111 Å². The Labute approximate surface area is 252 Å². The van der Waals surface area contributed by atoms with Crippen molar-refractivity contribution >= 4 is 0 Å². The van der Waals surface area contributed by atoms with Gasteiger partial charge >= 0.3 is 0 Å². The fourth-order valence-electron chi connectivity index (χ4n) is 7.27. The van der Waals surface area contributed by atoms with E-state index < -0.39 is 0 Å². The third-order valence-corrected chi connectivity index (χ3v) is 9.72. The van der Waals surface area contributed by atoms with E-state index in [-0.39, 0.29) is 16.9 Å². The summed E-state index contributed by atoms with van der Waals surface area (Å²) in [5.74, 6) is 0.574. The van der Waals surface area contributed by atoms with Gasteiger partial charge in [0, 0.05) is 16.5 Å². The first-order chi connectivity index (χ1) is 20.9. The lowest BCUT2D eigenvalue weighted by molar-refractivity contribution is 0.476. The standard InChI is InChI=1S/C41H32O2/c1-41(2,27-17-19-39(42)37(23-27)33-15-7-13-31-29-11-5-3-9-25(29)21-35(31)33)28-18-20-40(43)38(24-28)34-16-8-14-32-30-12-6-4-10-26(30)22-36(32)34/h3-20,23-24,42-43H,21-22H2,1-2H3. The Morgan fingerprint density at radius 1 is 0.419 bits per heavy atom. The van der Waals surface area contributed by atoms with Gasteiger partial charge in [0.25, 0.3) is 0 Å². The molecule has 8 rings (SSSR count). The molecule has 43 heavy (non-hydrogen) atoms. The summed E-state index contributed by atoms with van der Waals surface area (Å²) < 4.78 is 0. The molecule has 6 aromatic carbocycles. The van der Waals surface area contributed by atoms with Gasteiger partial charge in [0.05, 0.1) is 0 Å². The Kier molecular flexibility index (Phi) is 5.64.